The van der Waals surface area contributed by atoms with Crippen molar-refractivity contribution >= 4 is 11.8 Å². The quantitative estimate of drug-likeness (QED) is 0.718. The zero-order valence-electron chi connectivity index (χ0n) is 20.0. The van der Waals surface area contributed by atoms with E-state index in [-0.39, 0.29) is 34.6 Å². The number of carbonyl (C=O) groups is 2. The molecule has 0 unspecified atom stereocenters. The van der Waals surface area contributed by atoms with Crippen LogP contribution in [0.4, 0.5) is 0 Å². The summed E-state index contributed by atoms with van der Waals surface area (Å²) in [5.41, 5.74) is 1.32. The molecule has 3 saturated carbocycles. The van der Waals surface area contributed by atoms with Crippen LogP contribution in [0.2, 0.25) is 0 Å². The number of hydrogen-bond donors (Lipinski definition) is 1. The van der Waals surface area contributed by atoms with E-state index < -0.39 is 0 Å². The van der Waals surface area contributed by atoms with Crippen LogP contribution in [-0.2, 0) is 9.59 Å². The molecule has 4 nitrogen and oxygen atoms in total. The molecule has 1 aromatic rings. The predicted molar refractivity (Wildman–Crippen MR) is 127 cm³/mol. The average molecular weight is 435 g/mol. The van der Waals surface area contributed by atoms with Gasteiger partial charge in [0.2, 0.25) is 11.8 Å². The van der Waals surface area contributed by atoms with Gasteiger partial charge in [0, 0.05) is 24.4 Å². The average Bonchev–Trinajstić information content (AvgIpc) is 3.14. The fourth-order valence-electron chi connectivity index (χ4n) is 8.31. The standard InChI is InChI=1S/C28H38N2O2/c1-18(19-8-6-5-7-9-19)29-26(32)23-12-11-21-20-10-13-24-28(3,17-15-25(31)30(24)4)22(20)14-16-27(21,23)2/h5-9,15,17-18,20-24H,10-14,16H2,1-4H3,(H,29,32)/t18-,20-,21-,22-,23+,24+,27-,28+/m0/s1. The van der Waals surface area contributed by atoms with E-state index in [9.17, 15) is 9.59 Å². The highest BCUT2D eigenvalue weighted by molar-refractivity contribution is 5.89. The molecule has 0 spiro atoms. The van der Waals surface area contributed by atoms with Crippen molar-refractivity contribution in [1.82, 2.24) is 10.2 Å². The Morgan fingerprint density at radius 1 is 1.06 bits per heavy atom. The second-order valence-corrected chi connectivity index (χ2v) is 11.4. The van der Waals surface area contributed by atoms with Crippen molar-refractivity contribution in [2.24, 2.45) is 34.5 Å². The van der Waals surface area contributed by atoms with Crippen molar-refractivity contribution in [3.05, 3.63) is 48.0 Å². The van der Waals surface area contributed by atoms with Crippen LogP contribution in [-0.4, -0.2) is 29.8 Å². The molecule has 0 aromatic heterocycles. The first-order chi connectivity index (χ1) is 15.3. The Bertz CT molecular complexity index is 927. The molecule has 0 radical (unpaired) electrons. The van der Waals surface area contributed by atoms with Gasteiger partial charge in [-0.05, 0) is 80.3 Å². The molecule has 8 atom stereocenters. The number of likely N-dealkylation sites (N-methyl/N-ethyl adjacent to an activating group) is 1. The molecule has 1 heterocycles. The van der Waals surface area contributed by atoms with Crippen LogP contribution >= 0.6 is 0 Å². The van der Waals surface area contributed by atoms with Crippen LogP contribution < -0.4 is 5.32 Å². The van der Waals surface area contributed by atoms with Gasteiger partial charge in [0.1, 0.15) is 0 Å². The van der Waals surface area contributed by atoms with E-state index in [1.54, 1.807) is 0 Å². The summed E-state index contributed by atoms with van der Waals surface area (Å²) in [7, 11) is 1.98. The van der Waals surface area contributed by atoms with Gasteiger partial charge >= 0.3 is 0 Å². The summed E-state index contributed by atoms with van der Waals surface area (Å²) in [5.74, 6) is 2.38. The molecule has 1 aliphatic heterocycles. The Morgan fingerprint density at radius 2 is 1.81 bits per heavy atom. The summed E-state index contributed by atoms with van der Waals surface area (Å²) in [5, 5.41) is 3.34. The van der Waals surface area contributed by atoms with Gasteiger partial charge in [0.25, 0.3) is 0 Å². The number of amides is 2. The summed E-state index contributed by atoms with van der Waals surface area (Å²) in [4.78, 5) is 27.7. The molecule has 4 heteroatoms. The monoisotopic (exact) mass is 434 g/mol. The lowest BCUT2D eigenvalue weighted by molar-refractivity contribution is -0.142. The first-order valence-electron chi connectivity index (χ1n) is 12.6. The normalized spacial score (nSPS) is 41.4. The number of nitrogens with one attached hydrogen (secondary N) is 1. The van der Waals surface area contributed by atoms with Gasteiger partial charge < -0.3 is 10.2 Å². The minimum atomic E-state index is 0.0393. The molecular formula is C28H38N2O2. The van der Waals surface area contributed by atoms with Crippen molar-refractivity contribution in [1.29, 1.82) is 0 Å². The lowest BCUT2D eigenvalue weighted by atomic mass is 9.47. The minimum absolute atomic E-state index is 0.0393. The van der Waals surface area contributed by atoms with Crippen molar-refractivity contribution < 1.29 is 9.59 Å². The van der Waals surface area contributed by atoms with Crippen LogP contribution in [0.15, 0.2) is 42.5 Å². The minimum Gasteiger partial charge on any atom is -0.349 e. The van der Waals surface area contributed by atoms with Crippen molar-refractivity contribution in [3.8, 4) is 0 Å². The molecule has 32 heavy (non-hydrogen) atoms. The summed E-state index contributed by atoms with van der Waals surface area (Å²) < 4.78 is 0. The molecule has 0 saturated heterocycles. The third-order valence-corrected chi connectivity index (χ3v) is 10.1. The largest absolute Gasteiger partial charge is 0.349 e. The van der Waals surface area contributed by atoms with E-state index in [2.05, 4.69) is 44.3 Å². The number of benzene rings is 1. The van der Waals surface area contributed by atoms with E-state index in [0.29, 0.717) is 23.8 Å². The lowest BCUT2D eigenvalue weighted by Gasteiger charge is -2.60. The SMILES string of the molecule is C[C@H](NC(=O)[C@H]1CC[C@H]2[C@@H]3CC[C@H]4N(C)C(=O)C=C[C@]4(C)[C@H]3CC[C@]12C)c1ccccc1. The number of rotatable bonds is 3. The molecule has 3 fully saturated rings. The highest BCUT2D eigenvalue weighted by Crippen LogP contribution is 2.65. The smallest absolute Gasteiger partial charge is 0.246 e. The predicted octanol–water partition coefficient (Wildman–Crippen LogP) is 5.12. The molecule has 5 rings (SSSR count). The fourth-order valence-corrected chi connectivity index (χ4v) is 8.31. The van der Waals surface area contributed by atoms with Gasteiger partial charge in [-0.3, -0.25) is 9.59 Å². The first kappa shape index (κ1) is 21.7. The molecule has 2 amide bonds. The van der Waals surface area contributed by atoms with Gasteiger partial charge in [0.15, 0.2) is 0 Å². The third-order valence-electron chi connectivity index (χ3n) is 10.1. The Kier molecular flexibility index (Phi) is 5.26. The van der Waals surface area contributed by atoms with Crippen LogP contribution in [0.25, 0.3) is 0 Å². The number of fused-ring (bicyclic) bond motifs is 5. The van der Waals surface area contributed by atoms with Gasteiger partial charge in [-0.15, -0.1) is 0 Å². The zero-order valence-corrected chi connectivity index (χ0v) is 20.0. The molecular weight excluding hydrogens is 396 g/mol. The molecule has 4 aliphatic rings. The second-order valence-electron chi connectivity index (χ2n) is 11.4. The van der Waals surface area contributed by atoms with E-state index in [1.165, 1.54) is 12.0 Å². The lowest BCUT2D eigenvalue weighted by Crippen LogP contribution is -2.59. The zero-order chi connectivity index (χ0) is 22.7. The number of carbonyl (C=O) groups excluding carboxylic acids is 2. The Hall–Kier alpha value is -2.10. The summed E-state index contributed by atoms with van der Waals surface area (Å²) in [6.07, 6.45) is 10.8. The first-order valence-corrected chi connectivity index (χ1v) is 12.6. The van der Waals surface area contributed by atoms with E-state index >= 15 is 0 Å². The molecule has 3 aliphatic carbocycles. The van der Waals surface area contributed by atoms with E-state index in [4.69, 9.17) is 0 Å². The molecule has 172 valence electrons. The van der Waals surface area contributed by atoms with Crippen LogP contribution in [0.3, 0.4) is 0 Å². The van der Waals surface area contributed by atoms with Gasteiger partial charge in [-0.1, -0.05) is 50.3 Å². The van der Waals surface area contributed by atoms with Crippen molar-refractivity contribution in [3.63, 3.8) is 0 Å². The molecule has 0 bridgehead atoms. The number of nitrogens with zero attached hydrogens (tertiary/aromatic N) is 1. The summed E-state index contributed by atoms with van der Waals surface area (Å²) >= 11 is 0. The maximum atomic E-state index is 13.5. The Balaban J connectivity index is 1.34. The van der Waals surface area contributed by atoms with Crippen LogP contribution in [0.1, 0.15) is 70.9 Å². The van der Waals surface area contributed by atoms with Gasteiger partial charge in [0.05, 0.1) is 6.04 Å². The maximum Gasteiger partial charge on any atom is 0.246 e. The van der Waals surface area contributed by atoms with Crippen LogP contribution in [0, 0.1) is 34.5 Å². The third kappa shape index (κ3) is 3.16. The van der Waals surface area contributed by atoms with E-state index in [1.807, 2.05) is 36.2 Å². The molecule has 1 N–H and O–H groups in total. The summed E-state index contributed by atoms with van der Waals surface area (Å²) in [6.45, 7) is 6.88. The van der Waals surface area contributed by atoms with Gasteiger partial charge in [-0.25, -0.2) is 0 Å². The van der Waals surface area contributed by atoms with Crippen molar-refractivity contribution in [2.75, 3.05) is 7.05 Å². The van der Waals surface area contributed by atoms with E-state index in [0.717, 1.165) is 32.1 Å². The maximum absolute atomic E-state index is 13.5. The summed E-state index contributed by atoms with van der Waals surface area (Å²) in [6, 6.07) is 10.6. The highest BCUT2D eigenvalue weighted by atomic mass is 16.2. The Labute approximate surface area is 192 Å². The molecule has 1 aromatic carbocycles. The topological polar surface area (TPSA) is 49.4 Å². The Morgan fingerprint density at radius 3 is 2.56 bits per heavy atom. The fraction of sp³-hybridized carbons (Fsp3) is 0.643. The van der Waals surface area contributed by atoms with Crippen molar-refractivity contribution in [2.45, 2.75) is 71.4 Å². The number of hydrogen-bond acceptors (Lipinski definition) is 2. The second kappa shape index (κ2) is 7.74. The highest BCUT2D eigenvalue weighted by Gasteiger charge is 2.61. The van der Waals surface area contributed by atoms with Gasteiger partial charge in [-0.2, -0.15) is 0 Å². The van der Waals surface area contributed by atoms with Crippen LogP contribution in [0.5, 0.6) is 0 Å².